The molecule has 2 aromatic carbocycles. The molecule has 0 bridgehead atoms. The van der Waals surface area contributed by atoms with Crippen LogP contribution in [0.15, 0.2) is 54.1 Å². The normalized spacial score (nSPS) is 20.9. The predicted octanol–water partition coefficient (Wildman–Crippen LogP) is 3.43. The summed E-state index contributed by atoms with van der Waals surface area (Å²) in [4.78, 5) is 11.0. The second-order valence-corrected chi connectivity index (χ2v) is 8.96. The highest BCUT2D eigenvalue weighted by Gasteiger charge is 2.35. The second kappa shape index (κ2) is 10.1. The van der Waals surface area contributed by atoms with Crippen LogP contribution < -0.4 is 19.7 Å². The number of allylic oxidation sites excluding steroid dienone is 1. The molecule has 0 aliphatic carbocycles. The molecule has 0 amide bonds. The fourth-order valence-electron chi connectivity index (χ4n) is 4.77. The molecule has 0 unspecified atom stereocenters. The van der Waals surface area contributed by atoms with Gasteiger partial charge in [0.2, 0.25) is 0 Å². The van der Waals surface area contributed by atoms with Crippen molar-refractivity contribution in [2.45, 2.75) is 13.0 Å². The zero-order valence-corrected chi connectivity index (χ0v) is 20.2. The van der Waals surface area contributed by atoms with Crippen LogP contribution in [0.3, 0.4) is 0 Å². The average Bonchev–Trinajstić information content (AvgIpc) is 3.30. The fourth-order valence-corrected chi connectivity index (χ4v) is 4.77. The number of hydroxylamine groups is 1. The molecule has 34 heavy (non-hydrogen) atoms. The number of fused-ring (bicyclic) bond motifs is 2. The van der Waals surface area contributed by atoms with Gasteiger partial charge in [0.1, 0.15) is 18.5 Å². The van der Waals surface area contributed by atoms with Crippen LogP contribution in [-0.2, 0) is 4.84 Å². The summed E-state index contributed by atoms with van der Waals surface area (Å²) >= 11 is 0. The number of methoxy groups -OCH3 is 2. The van der Waals surface area contributed by atoms with Crippen molar-refractivity contribution in [2.24, 2.45) is 0 Å². The Morgan fingerprint density at radius 2 is 1.74 bits per heavy atom. The van der Waals surface area contributed by atoms with Gasteiger partial charge in [-0.15, -0.1) is 0 Å². The lowest BCUT2D eigenvalue weighted by Gasteiger charge is -2.35. The Morgan fingerprint density at radius 3 is 2.47 bits per heavy atom. The zero-order chi connectivity index (χ0) is 23.5. The summed E-state index contributed by atoms with van der Waals surface area (Å²) in [7, 11) is 3.27. The van der Waals surface area contributed by atoms with Gasteiger partial charge >= 0.3 is 0 Å². The monoisotopic (exact) mass is 463 g/mol. The number of nitrogens with one attached hydrogen (secondary N) is 1. The van der Waals surface area contributed by atoms with Crippen molar-refractivity contribution in [3.63, 3.8) is 0 Å². The van der Waals surface area contributed by atoms with Gasteiger partial charge in [0.15, 0.2) is 11.5 Å². The zero-order valence-electron chi connectivity index (χ0n) is 20.2. The first-order chi connectivity index (χ1) is 16.7. The summed E-state index contributed by atoms with van der Waals surface area (Å²) in [5.41, 5.74) is 8.89. The number of piperazine rings is 1. The number of benzene rings is 2. The van der Waals surface area contributed by atoms with E-state index in [1.54, 1.807) is 14.2 Å². The Hall–Kier alpha value is -3.00. The molecule has 0 saturated carbocycles. The Kier molecular flexibility index (Phi) is 6.76. The van der Waals surface area contributed by atoms with Crippen molar-refractivity contribution in [2.75, 3.05) is 60.1 Å². The second-order valence-electron chi connectivity index (χ2n) is 8.96. The van der Waals surface area contributed by atoms with Crippen LogP contribution in [0.5, 0.6) is 17.2 Å². The molecule has 180 valence electrons. The van der Waals surface area contributed by atoms with Crippen molar-refractivity contribution in [3.05, 3.63) is 65.2 Å². The van der Waals surface area contributed by atoms with Crippen LogP contribution in [0.2, 0.25) is 0 Å². The molecular formula is C27H33N3O4. The third-order valence-corrected chi connectivity index (χ3v) is 6.93. The van der Waals surface area contributed by atoms with Gasteiger partial charge in [-0.05, 0) is 24.1 Å². The standard InChI is InChI=1S/C27H33N3O4/c1-19(20-7-5-4-6-8-20)9-10-29-11-13-30(14-12-29)17-26-22-18-33-23-16-25(32-3)24(31-2)15-21(23)27(22)28-34-26/h4-9,15-16,26,28H,10-14,17-18H2,1-3H3/t26-/m0/s1. The quantitative estimate of drug-likeness (QED) is 0.675. The average molecular weight is 464 g/mol. The van der Waals surface area contributed by atoms with Crippen LogP contribution in [0, 0.1) is 0 Å². The molecule has 1 saturated heterocycles. The number of hydrogen-bond acceptors (Lipinski definition) is 7. The van der Waals surface area contributed by atoms with E-state index in [0.29, 0.717) is 18.1 Å². The van der Waals surface area contributed by atoms with Crippen LogP contribution in [0.25, 0.3) is 11.3 Å². The third-order valence-electron chi connectivity index (χ3n) is 6.93. The fraction of sp³-hybridized carbons (Fsp3) is 0.407. The maximum atomic E-state index is 6.06. The van der Waals surface area contributed by atoms with Crippen molar-refractivity contribution in [3.8, 4) is 17.2 Å². The van der Waals surface area contributed by atoms with Gasteiger partial charge in [0.05, 0.1) is 19.9 Å². The smallest absolute Gasteiger partial charge is 0.164 e. The molecule has 1 fully saturated rings. The number of rotatable bonds is 7. The van der Waals surface area contributed by atoms with Gasteiger partial charge < -0.3 is 14.2 Å². The summed E-state index contributed by atoms with van der Waals surface area (Å²) in [6.07, 6.45) is 2.31. The van der Waals surface area contributed by atoms with Gasteiger partial charge in [0.25, 0.3) is 0 Å². The molecule has 0 spiro atoms. The van der Waals surface area contributed by atoms with E-state index >= 15 is 0 Å². The highest BCUT2D eigenvalue weighted by Crippen LogP contribution is 2.42. The lowest BCUT2D eigenvalue weighted by molar-refractivity contribution is 0.0119. The molecule has 3 aliphatic heterocycles. The number of ether oxygens (including phenoxy) is 3. The van der Waals surface area contributed by atoms with E-state index in [-0.39, 0.29) is 6.10 Å². The van der Waals surface area contributed by atoms with E-state index in [2.05, 4.69) is 58.6 Å². The summed E-state index contributed by atoms with van der Waals surface area (Å²) in [6, 6.07) is 14.4. The number of hydrogen-bond donors (Lipinski definition) is 1. The SMILES string of the molecule is COc1cc2c(cc1OC)C1=C(CO2)[C@H](CN2CCN(CC=C(C)c3ccccc3)CC2)ON1. The first kappa shape index (κ1) is 22.8. The van der Waals surface area contributed by atoms with Crippen LogP contribution in [0.4, 0.5) is 0 Å². The molecule has 0 aromatic heterocycles. The molecule has 3 heterocycles. The van der Waals surface area contributed by atoms with E-state index < -0.39 is 0 Å². The lowest BCUT2D eigenvalue weighted by Crippen LogP contribution is -2.49. The van der Waals surface area contributed by atoms with Crippen molar-refractivity contribution >= 4 is 11.3 Å². The highest BCUT2D eigenvalue weighted by molar-refractivity contribution is 5.77. The largest absolute Gasteiger partial charge is 0.493 e. The predicted molar refractivity (Wildman–Crippen MR) is 133 cm³/mol. The molecule has 1 atom stereocenters. The van der Waals surface area contributed by atoms with E-state index in [1.165, 1.54) is 11.1 Å². The van der Waals surface area contributed by atoms with Gasteiger partial charge in [-0.3, -0.25) is 20.1 Å². The molecule has 2 aromatic rings. The summed E-state index contributed by atoms with van der Waals surface area (Å²) < 4.78 is 16.9. The Labute approximate surface area is 201 Å². The summed E-state index contributed by atoms with van der Waals surface area (Å²) in [5.74, 6) is 2.12. The summed E-state index contributed by atoms with van der Waals surface area (Å²) in [5, 5.41) is 0. The van der Waals surface area contributed by atoms with Gasteiger partial charge in [-0.25, -0.2) is 0 Å². The lowest BCUT2D eigenvalue weighted by atomic mass is 9.99. The molecule has 1 N–H and O–H groups in total. The van der Waals surface area contributed by atoms with E-state index in [1.807, 2.05) is 12.1 Å². The molecule has 7 nitrogen and oxygen atoms in total. The maximum absolute atomic E-state index is 6.06. The number of nitrogens with zero attached hydrogens (tertiary/aromatic N) is 2. The first-order valence-electron chi connectivity index (χ1n) is 11.9. The van der Waals surface area contributed by atoms with Gasteiger partial charge in [0, 0.05) is 56.5 Å². The molecule has 3 aliphatic rings. The Bertz CT molecular complexity index is 1070. The molecular weight excluding hydrogens is 430 g/mol. The minimum absolute atomic E-state index is 0.0250. The Morgan fingerprint density at radius 1 is 1.03 bits per heavy atom. The van der Waals surface area contributed by atoms with Crippen LogP contribution >= 0.6 is 0 Å². The molecule has 7 heteroatoms. The Balaban J connectivity index is 1.18. The van der Waals surface area contributed by atoms with Crippen LogP contribution in [0.1, 0.15) is 18.1 Å². The summed E-state index contributed by atoms with van der Waals surface area (Å²) in [6.45, 7) is 8.72. The van der Waals surface area contributed by atoms with E-state index in [9.17, 15) is 0 Å². The van der Waals surface area contributed by atoms with Gasteiger partial charge in [-0.2, -0.15) is 0 Å². The highest BCUT2D eigenvalue weighted by atomic mass is 16.7. The maximum Gasteiger partial charge on any atom is 0.164 e. The first-order valence-corrected chi connectivity index (χ1v) is 11.9. The van der Waals surface area contributed by atoms with Gasteiger partial charge in [-0.1, -0.05) is 36.4 Å². The van der Waals surface area contributed by atoms with Crippen molar-refractivity contribution in [1.82, 2.24) is 15.3 Å². The van der Waals surface area contributed by atoms with Crippen molar-refractivity contribution < 1.29 is 19.0 Å². The topological polar surface area (TPSA) is 55.4 Å². The van der Waals surface area contributed by atoms with E-state index in [4.69, 9.17) is 19.0 Å². The molecule has 0 radical (unpaired) electrons. The van der Waals surface area contributed by atoms with E-state index in [0.717, 1.165) is 61.9 Å². The third kappa shape index (κ3) is 4.64. The van der Waals surface area contributed by atoms with Crippen LogP contribution in [-0.4, -0.2) is 76.0 Å². The minimum Gasteiger partial charge on any atom is -0.493 e. The minimum atomic E-state index is -0.0250. The van der Waals surface area contributed by atoms with Crippen molar-refractivity contribution in [1.29, 1.82) is 0 Å². The molecule has 5 rings (SSSR count).